The second-order valence-corrected chi connectivity index (χ2v) is 6.44. The van der Waals surface area contributed by atoms with Crippen molar-refractivity contribution < 1.29 is 0 Å². The summed E-state index contributed by atoms with van der Waals surface area (Å²) < 4.78 is 0. The van der Waals surface area contributed by atoms with Crippen LogP contribution < -0.4 is 4.90 Å². The van der Waals surface area contributed by atoms with Gasteiger partial charge in [0.05, 0.1) is 0 Å². The quantitative estimate of drug-likeness (QED) is 0.411. The van der Waals surface area contributed by atoms with Gasteiger partial charge in [0.15, 0.2) is 0 Å². The standard InChI is InChI=1S/C24H21N/c1-18-14-16-20(17-15-18)25(2)24-13-6-5-11-23(24)22-12-7-9-19-8-3-4-10-21(19)22/h3-17H,1-2H3. The van der Waals surface area contributed by atoms with Gasteiger partial charge in [0.2, 0.25) is 0 Å². The molecule has 4 aromatic carbocycles. The third kappa shape index (κ3) is 2.89. The first kappa shape index (κ1) is 15.5. The van der Waals surface area contributed by atoms with Crippen LogP contribution in [-0.2, 0) is 0 Å². The lowest BCUT2D eigenvalue weighted by Crippen LogP contribution is -2.10. The summed E-state index contributed by atoms with van der Waals surface area (Å²) >= 11 is 0. The van der Waals surface area contributed by atoms with E-state index in [4.69, 9.17) is 0 Å². The number of hydrogen-bond acceptors (Lipinski definition) is 1. The maximum Gasteiger partial charge on any atom is 0.0487 e. The molecule has 0 aromatic heterocycles. The van der Waals surface area contributed by atoms with E-state index in [1.807, 2.05) is 0 Å². The van der Waals surface area contributed by atoms with Crippen LogP contribution in [0.5, 0.6) is 0 Å². The average molecular weight is 323 g/mol. The van der Waals surface area contributed by atoms with E-state index in [2.05, 4.69) is 110 Å². The first-order valence-electron chi connectivity index (χ1n) is 8.61. The van der Waals surface area contributed by atoms with Crippen molar-refractivity contribution in [3.63, 3.8) is 0 Å². The summed E-state index contributed by atoms with van der Waals surface area (Å²) in [5.74, 6) is 0. The Morgan fingerprint density at radius 1 is 0.600 bits per heavy atom. The molecule has 0 fully saturated rings. The molecule has 0 saturated heterocycles. The Kier molecular flexibility index (Phi) is 3.99. The van der Waals surface area contributed by atoms with Crippen LogP contribution in [0, 0.1) is 6.92 Å². The van der Waals surface area contributed by atoms with Crippen molar-refractivity contribution in [2.24, 2.45) is 0 Å². The zero-order chi connectivity index (χ0) is 17.2. The lowest BCUT2D eigenvalue weighted by Gasteiger charge is -2.23. The molecule has 0 saturated carbocycles. The van der Waals surface area contributed by atoms with E-state index >= 15 is 0 Å². The third-order valence-electron chi connectivity index (χ3n) is 4.77. The van der Waals surface area contributed by atoms with E-state index in [1.165, 1.54) is 38.8 Å². The normalized spacial score (nSPS) is 10.8. The van der Waals surface area contributed by atoms with Crippen LogP contribution in [-0.4, -0.2) is 7.05 Å². The van der Waals surface area contributed by atoms with Crippen molar-refractivity contribution in [2.75, 3.05) is 11.9 Å². The number of aryl methyl sites for hydroxylation is 1. The molecule has 0 bridgehead atoms. The molecule has 0 spiro atoms. The zero-order valence-electron chi connectivity index (χ0n) is 14.6. The Morgan fingerprint density at radius 2 is 1.24 bits per heavy atom. The van der Waals surface area contributed by atoms with Crippen LogP contribution in [0.4, 0.5) is 11.4 Å². The van der Waals surface area contributed by atoms with E-state index in [0.717, 1.165) is 0 Å². The topological polar surface area (TPSA) is 3.24 Å². The van der Waals surface area contributed by atoms with E-state index in [-0.39, 0.29) is 0 Å². The molecule has 0 N–H and O–H groups in total. The van der Waals surface area contributed by atoms with Crippen molar-refractivity contribution >= 4 is 22.1 Å². The van der Waals surface area contributed by atoms with Crippen LogP contribution in [0.3, 0.4) is 0 Å². The molecular weight excluding hydrogens is 302 g/mol. The molecule has 0 radical (unpaired) electrons. The Balaban J connectivity index is 1.88. The number of fused-ring (bicyclic) bond motifs is 1. The van der Waals surface area contributed by atoms with Crippen LogP contribution in [0.2, 0.25) is 0 Å². The highest BCUT2D eigenvalue weighted by Gasteiger charge is 2.12. The van der Waals surface area contributed by atoms with E-state index in [1.54, 1.807) is 0 Å². The highest BCUT2D eigenvalue weighted by Crippen LogP contribution is 2.37. The fraction of sp³-hybridized carbons (Fsp3) is 0.0833. The molecule has 0 aliphatic heterocycles. The van der Waals surface area contributed by atoms with Crippen molar-refractivity contribution in [1.29, 1.82) is 0 Å². The van der Waals surface area contributed by atoms with E-state index in [0.29, 0.717) is 0 Å². The van der Waals surface area contributed by atoms with Crippen LogP contribution in [0.15, 0.2) is 91.0 Å². The smallest absolute Gasteiger partial charge is 0.0487 e. The molecule has 4 aromatic rings. The average Bonchev–Trinajstić information content (AvgIpc) is 2.67. The van der Waals surface area contributed by atoms with Crippen molar-refractivity contribution in [2.45, 2.75) is 6.92 Å². The zero-order valence-corrected chi connectivity index (χ0v) is 14.6. The minimum Gasteiger partial charge on any atom is -0.344 e. The Labute approximate surface area is 149 Å². The number of benzene rings is 4. The van der Waals surface area contributed by atoms with Gasteiger partial charge in [-0.2, -0.15) is 0 Å². The summed E-state index contributed by atoms with van der Waals surface area (Å²) in [4.78, 5) is 2.26. The lowest BCUT2D eigenvalue weighted by atomic mass is 9.96. The first-order valence-corrected chi connectivity index (χ1v) is 8.61. The summed E-state index contributed by atoms with van der Waals surface area (Å²) in [5, 5.41) is 2.56. The fourth-order valence-electron chi connectivity index (χ4n) is 3.36. The molecule has 0 atom stereocenters. The molecule has 0 aliphatic rings. The summed E-state index contributed by atoms with van der Waals surface area (Å²) in [6, 6.07) is 32.4. The largest absolute Gasteiger partial charge is 0.344 e. The van der Waals surface area contributed by atoms with Gasteiger partial charge in [0.25, 0.3) is 0 Å². The summed E-state index contributed by atoms with van der Waals surface area (Å²) in [5.41, 5.74) is 6.20. The lowest BCUT2D eigenvalue weighted by molar-refractivity contribution is 1.21. The fourth-order valence-corrected chi connectivity index (χ4v) is 3.36. The molecule has 0 aliphatic carbocycles. The van der Waals surface area contributed by atoms with Gasteiger partial charge >= 0.3 is 0 Å². The molecule has 1 nitrogen and oxygen atoms in total. The predicted molar refractivity (Wildman–Crippen MR) is 109 cm³/mol. The SMILES string of the molecule is Cc1ccc(N(C)c2ccccc2-c2cccc3ccccc23)cc1. The van der Waals surface area contributed by atoms with Crippen LogP contribution in [0.1, 0.15) is 5.56 Å². The van der Waals surface area contributed by atoms with Crippen molar-refractivity contribution in [1.82, 2.24) is 0 Å². The second-order valence-electron chi connectivity index (χ2n) is 6.44. The molecular formula is C24H21N. The van der Waals surface area contributed by atoms with E-state index in [9.17, 15) is 0 Å². The van der Waals surface area contributed by atoms with Gasteiger partial charge < -0.3 is 4.90 Å². The maximum atomic E-state index is 2.26. The Morgan fingerprint density at radius 3 is 2.08 bits per heavy atom. The molecule has 4 rings (SSSR count). The molecule has 1 heteroatoms. The van der Waals surface area contributed by atoms with Gasteiger partial charge in [-0.15, -0.1) is 0 Å². The van der Waals surface area contributed by atoms with Gasteiger partial charge in [-0.1, -0.05) is 78.4 Å². The number of nitrogens with zero attached hydrogens (tertiary/aromatic N) is 1. The first-order chi connectivity index (χ1) is 12.2. The van der Waals surface area contributed by atoms with Crippen molar-refractivity contribution in [3.8, 4) is 11.1 Å². The molecule has 25 heavy (non-hydrogen) atoms. The van der Waals surface area contributed by atoms with Crippen LogP contribution in [0.25, 0.3) is 21.9 Å². The summed E-state index contributed by atoms with van der Waals surface area (Å²) in [7, 11) is 2.13. The molecule has 122 valence electrons. The number of rotatable bonds is 3. The minimum absolute atomic E-state index is 1.19. The van der Waals surface area contributed by atoms with Gasteiger partial charge in [-0.25, -0.2) is 0 Å². The van der Waals surface area contributed by atoms with Gasteiger partial charge in [-0.05, 0) is 41.5 Å². The Hall–Kier alpha value is -3.06. The summed E-state index contributed by atoms with van der Waals surface area (Å²) in [6.45, 7) is 2.12. The van der Waals surface area contributed by atoms with Gasteiger partial charge in [-0.3, -0.25) is 0 Å². The number of anilines is 2. The highest BCUT2D eigenvalue weighted by molar-refractivity contribution is 6.00. The monoisotopic (exact) mass is 323 g/mol. The Bertz CT molecular complexity index is 1010. The number of hydrogen-bond donors (Lipinski definition) is 0. The minimum atomic E-state index is 1.19. The molecule has 0 amide bonds. The summed E-state index contributed by atoms with van der Waals surface area (Å²) in [6.07, 6.45) is 0. The van der Waals surface area contributed by atoms with E-state index < -0.39 is 0 Å². The van der Waals surface area contributed by atoms with Crippen LogP contribution >= 0.6 is 0 Å². The molecule has 0 unspecified atom stereocenters. The molecule has 0 heterocycles. The highest BCUT2D eigenvalue weighted by atomic mass is 15.1. The third-order valence-corrected chi connectivity index (χ3v) is 4.77. The maximum absolute atomic E-state index is 2.26. The van der Waals surface area contributed by atoms with Gasteiger partial charge in [0.1, 0.15) is 0 Å². The predicted octanol–water partition coefficient (Wildman–Crippen LogP) is 6.58. The number of para-hydroxylation sites is 1. The van der Waals surface area contributed by atoms with Gasteiger partial charge in [0, 0.05) is 24.0 Å². The second kappa shape index (κ2) is 6.45. The van der Waals surface area contributed by atoms with Crippen molar-refractivity contribution in [3.05, 3.63) is 96.6 Å².